The summed E-state index contributed by atoms with van der Waals surface area (Å²) < 4.78 is 10.3. The molecule has 2 N–H and O–H groups in total. The molecular formula is C17H19N3O2. The predicted octanol–water partition coefficient (Wildman–Crippen LogP) is 4.57. The summed E-state index contributed by atoms with van der Waals surface area (Å²) in [5.74, 6) is 0.723. The Balaban J connectivity index is 0.000000144. The molecule has 114 valence electrons. The average Bonchev–Trinajstić information content (AvgIpc) is 3.10. The Hall–Kier alpha value is -2.82. The number of nitrogen functional groups attached to an aromatic ring is 1. The van der Waals surface area contributed by atoms with Crippen LogP contribution in [0.15, 0.2) is 57.4 Å². The molecular weight excluding hydrogens is 278 g/mol. The van der Waals surface area contributed by atoms with E-state index in [-0.39, 0.29) is 6.01 Å². The number of anilines is 1. The molecule has 2 aromatic carbocycles. The Morgan fingerprint density at radius 2 is 1.27 bits per heavy atom. The monoisotopic (exact) mass is 297 g/mol. The van der Waals surface area contributed by atoms with E-state index in [1.54, 1.807) is 0 Å². The predicted molar refractivity (Wildman–Crippen MR) is 88.5 cm³/mol. The van der Waals surface area contributed by atoms with E-state index in [4.69, 9.17) is 14.6 Å². The molecule has 0 amide bonds. The number of oxazole rings is 2. The lowest BCUT2D eigenvalue weighted by Gasteiger charge is -1.79. The van der Waals surface area contributed by atoms with Crippen molar-refractivity contribution in [1.82, 2.24) is 9.97 Å². The van der Waals surface area contributed by atoms with Crippen LogP contribution in [0.5, 0.6) is 0 Å². The molecule has 0 radical (unpaired) electrons. The minimum atomic E-state index is 0.223. The number of rotatable bonds is 0. The quantitative estimate of drug-likeness (QED) is 0.514. The third kappa shape index (κ3) is 3.63. The molecule has 2 aromatic heterocycles. The summed E-state index contributed by atoms with van der Waals surface area (Å²) in [5, 5.41) is 0. The molecule has 5 nitrogen and oxygen atoms in total. The molecule has 4 aromatic rings. The van der Waals surface area contributed by atoms with Gasteiger partial charge in [0.25, 0.3) is 6.01 Å². The zero-order chi connectivity index (χ0) is 15.9. The lowest BCUT2D eigenvalue weighted by Crippen LogP contribution is -1.80. The van der Waals surface area contributed by atoms with Crippen LogP contribution in [0, 0.1) is 6.92 Å². The Morgan fingerprint density at radius 1 is 0.773 bits per heavy atom. The van der Waals surface area contributed by atoms with Gasteiger partial charge in [-0.05, 0) is 24.3 Å². The molecule has 5 heteroatoms. The first-order chi connectivity index (χ1) is 10.7. The lowest BCUT2D eigenvalue weighted by atomic mass is 10.3. The van der Waals surface area contributed by atoms with Crippen LogP contribution in [0.1, 0.15) is 19.7 Å². The highest BCUT2D eigenvalue weighted by Gasteiger charge is 1.98. The summed E-state index contributed by atoms with van der Waals surface area (Å²) in [4.78, 5) is 8.07. The summed E-state index contributed by atoms with van der Waals surface area (Å²) in [6.07, 6.45) is 0. The molecule has 2 heterocycles. The lowest BCUT2D eigenvalue weighted by molar-refractivity contribution is 0.561. The van der Waals surface area contributed by atoms with E-state index in [0.29, 0.717) is 0 Å². The molecule has 0 saturated carbocycles. The van der Waals surface area contributed by atoms with Gasteiger partial charge in [-0.2, -0.15) is 4.98 Å². The Labute approximate surface area is 128 Å². The number of hydrogen-bond donors (Lipinski definition) is 1. The second kappa shape index (κ2) is 7.26. The standard InChI is InChI=1S/C8H7NO.C7H6N2O.C2H6/c1-6-9-7-4-2-3-5-8(7)10-6;8-7-9-5-3-1-2-4-6(5)10-7;1-2/h2-5H,1H3;1-4H,(H2,8,9);1-2H3. The normalized spacial score (nSPS) is 9.77. The molecule has 22 heavy (non-hydrogen) atoms. The van der Waals surface area contributed by atoms with E-state index >= 15 is 0 Å². The Bertz CT molecular complexity index is 711. The molecule has 0 fully saturated rings. The second-order valence-corrected chi connectivity index (χ2v) is 4.22. The molecule has 0 aliphatic heterocycles. The smallest absolute Gasteiger partial charge is 0.292 e. The van der Waals surface area contributed by atoms with Crippen molar-refractivity contribution in [3.05, 3.63) is 54.4 Å². The number of nitrogens with zero attached hydrogens (tertiary/aromatic N) is 2. The number of para-hydroxylation sites is 4. The van der Waals surface area contributed by atoms with E-state index in [1.807, 2.05) is 69.3 Å². The van der Waals surface area contributed by atoms with Gasteiger partial charge in [-0.25, -0.2) is 4.98 Å². The molecule has 4 rings (SSSR count). The van der Waals surface area contributed by atoms with Gasteiger partial charge in [0.2, 0.25) is 0 Å². The van der Waals surface area contributed by atoms with Gasteiger partial charge < -0.3 is 14.6 Å². The van der Waals surface area contributed by atoms with Crippen LogP contribution in [-0.4, -0.2) is 9.97 Å². The van der Waals surface area contributed by atoms with E-state index in [0.717, 1.165) is 28.1 Å². The number of fused-ring (bicyclic) bond motifs is 2. The highest BCUT2D eigenvalue weighted by molar-refractivity contribution is 5.73. The molecule has 0 unspecified atom stereocenters. The van der Waals surface area contributed by atoms with Crippen LogP contribution in [0.2, 0.25) is 0 Å². The molecule has 0 bridgehead atoms. The Kier molecular flexibility index (Phi) is 5.14. The minimum absolute atomic E-state index is 0.223. The third-order valence-corrected chi connectivity index (χ3v) is 2.71. The second-order valence-electron chi connectivity index (χ2n) is 4.22. The fraction of sp³-hybridized carbons (Fsp3) is 0.176. The molecule has 0 aliphatic rings. The van der Waals surface area contributed by atoms with E-state index < -0.39 is 0 Å². The van der Waals surface area contributed by atoms with Crippen molar-refractivity contribution in [2.75, 3.05) is 5.73 Å². The van der Waals surface area contributed by atoms with Crippen LogP contribution in [0.3, 0.4) is 0 Å². The van der Waals surface area contributed by atoms with Gasteiger partial charge in [-0.3, -0.25) is 0 Å². The van der Waals surface area contributed by atoms with Crippen molar-refractivity contribution in [3.63, 3.8) is 0 Å². The van der Waals surface area contributed by atoms with Crippen LogP contribution in [-0.2, 0) is 0 Å². The maximum absolute atomic E-state index is 5.31. The number of aromatic nitrogens is 2. The van der Waals surface area contributed by atoms with Gasteiger partial charge in [-0.15, -0.1) is 0 Å². The van der Waals surface area contributed by atoms with Crippen molar-refractivity contribution >= 4 is 28.2 Å². The first kappa shape index (κ1) is 15.6. The first-order valence-corrected chi connectivity index (χ1v) is 7.15. The summed E-state index contributed by atoms with van der Waals surface area (Å²) in [6.45, 7) is 5.85. The average molecular weight is 297 g/mol. The van der Waals surface area contributed by atoms with Crippen molar-refractivity contribution < 1.29 is 8.83 Å². The van der Waals surface area contributed by atoms with Crippen molar-refractivity contribution in [3.8, 4) is 0 Å². The SMILES string of the molecule is CC.Cc1nc2ccccc2o1.Nc1nc2ccccc2o1. The largest absolute Gasteiger partial charge is 0.441 e. The minimum Gasteiger partial charge on any atom is -0.441 e. The topological polar surface area (TPSA) is 78.1 Å². The van der Waals surface area contributed by atoms with Gasteiger partial charge in [-0.1, -0.05) is 38.1 Å². The third-order valence-electron chi connectivity index (χ3n) is 2.71. The van der Waals surface area contributed by atoms with Gasteiger partial charge >= 0.3 is 0 Å². The van der Waals surface area contributed by atoms with Gasteiger partial charge in [0.15, 0.2) is 17.1 Å². The molecule has 0 saturated heterocycles. The van der Waals surface area contributed by atoms with Gasteiger partial charge in [0, 0.05) is 6.92 Å². The summed E-state index contributed by atoms with van der Waals surface area (Å²) in [7, 11) is 0. The summed E-state index contributed by atoms with van der Waals surface area (Å²) in [5.41, 5.74) is 8.65. The van der Waals surface area contributed by atoms with Crippen molar-refractivity contribution in [2.45, 2.75) is 20.8 Å². The highest BCUT2D eigenvalue weighted by atomic mass is 16.4. The fourth-order valence-corrected chi connectivity index (χ4v) is 1.88. The number of aryl methyl sites for hydroxylation is 1. The van der Waals surface area contributed by atoms with Crippen LogP contribution >= 0.6 is 0 Å². The van der Waals surface area contributed by atoms with Crippen molar-refractivity contribution in [1.29, 1.82) is 0 Å². The summed E-state index contributed by atoms with van der Waals surface area (Å²) >= 11 is 0. The molecule has 0 atom stereocenters. The summed E-state index contributed by atoms with van der Waals surface area (Å²) in [6, 6.07) is 15.4. The van der Waals surface area contributed by atoms with Crippen LogP contribution in [0.4, 0.5) is 6.01 Å². The van der Waals surface area contributed by atoms with Crippen LogP contribution in [0.25, 0.3) is 22.2 Å². The maximum atomic E-state index is 5.31. The Morgan fingerprint density at radius 3 is 1.82 bits per heavy atom. The van der Waals surface area contributed by atoms with E-state index in [1.165, 1.54) is 0 Å². The molecule has 0 spiro atoms. The maximum Gasteiger partial charge on any atom is 0.292 e. The number of benzene rings is 2. The van der Waals surface area contributed by atoms with Crippen molar-refractivity contribution in [2.24, 2.45) is 0 Å². The van der Waals surface area contributed by atoms with E-state index in [9.17, 15) is 0 Å². The van der Waals surface area contributed by atoms with Crippen LogP contribution < -0.4 is 5.73 Å². The molecule has 0 aliphatic carbocycles. The zero-order valence-corrected chi connectivity index (χ0v) is 12.9. The number of nitrogens with two attached hydrogens (primary N) is 1. The zero-order valence-electron chi connectivity index (χ0n) is 12.9. The number of hydrogen-bond acceptors (Lipinski definition) is 5. The highest BCUT2D eigenvalue weighted by Crippen LogP contribution is 2.15. The first-order valence-electron chi connectivity index (χ1n) is 7.15. The van der Waals surface area contributed by atoms with Gasteiger partial charge in [0.1, 0.15) is 11.0 Å². The fourth-order valence-electron chi connectivity index (χ4n) is 1.88. The van der Waals surface area contributed by atoms with E-state index in [2.05, 4.69) is 9.97 Å². The van der Waals surface area contributed by atoms with Gasteiger partial charge in [0.05, 0.1) is 0 Å².